The average Bonchev–Trinajstić information content (AvgIpc) is 3.58. The Morgan fingerprint density at radius 2 is 2.03 bits per heavy atom. The molecule has 10 nitrogen and oxygen atoms in total. The minimum atomic E-state index is -0.560. The van der Waals surface area contributed by atoms with Crippen LogP contribution in [0.3, 0.4) is 0 Å². The number of ether oxygens (including phenoxy) is 1. The number of rotatable bonds is 6. The quantitative estimate of drug-likeness (QED) is 0.596. The molecule has 2 fully saturated rings. The number of aromatic nitrogens is 4. The van der Waals surface area contributed by atoms with Crippen molar-refractivity contribution in [2.45, 2.75) is 25.5 Å². The van der Waals surface area contributed by atoms with Crippen LogP contribution in [0.15, 0.2) is 48.5 Å². The van der Waals surface area contributed by atoms with E-state index >= 15 is 4.39 Å². The number of hydrogen-bond acceptors (Lipinski definition) is 7. The lowest BCUT2D eigenvalue weighted by Crippen LogP contribution is -2.33. The number of carbonyl (C=O) groups is 2. The van der Waals surface area contributed by atoms with Crippen LogP contribution in [0.5, 0.6) is 0 Å². The number of cyclic esters (lactones) is 1. The molecule has 2 saturated heterocycles. The summed E-state index contributed by atoms with van der Waals surface area (Å²) in [4.78, 5) is 28.2. The third-order valence-electron chi connectivity index (χ3n) is 5.99. The topological polar surface area (TPSA) is 105 Å². The number of amides is 2. The van der Waals surface area contributed by atoms with E-state index in [2.05, 4.69) is 20.7 Å². The molecule has 2 aromatic carbocycles. The highest BCUT2D eigenvalue weighted by Gasteiger charge is 2.33. The van der Waals surface area contributed by atoms with Crippen molar-refractivity contribution in [3.05, 3.63) is 54.3 Å². The van der Waals surface area contributed by atoms with Crippen LogP contribution in [-0.2, 0) is 9.53 Å². The molecule has 11 heteroatoms. The van der Waals surface area contributed by atoms with Crippen molar-refractivity contribution in [3.8, 4) is 11.4 Å². The molecule has 0 spiro atoms. The lowest BCUT2D eigenvalue weighted by atomic mass is 10.2. The minimum Gasteiger partial charge on any atom is -0.442 e. The summed E-state index contributed by atoms with van der Waals surface area (Å²) in [7, 11) is 0. The van der Waals surface area contributed by atoms with Crippen molar-refractivity contribution in [1.82, 2.24) is 25.5 Å². The number of tetrazole rings is 1. The van der Waals surface area contributed by atoms with Crippen LogP contribution in [0, 0.1) is 5.82 Å². The smallest absolute Gasteiger partial charge is 0.414 e. The molecule has 2 amide bonds. The third kappa shape index (κ3) is 4.41. The zero-order valence-corrected chi connectivity index (χ0v) is 18.6. The van der Waals surface area contributed by atoms with Crippen LogP contribution in [0.4, 0.5) is 20.6 Å². The van der Waals surface area contributed by atoms with Gasteiger partial charge in [-0.15, -0.1) is 10.2 Å². The summed E-state index contributed by atoms with van der Waals surface area (Å²) in [5, 5.41) is 15.5. The number of nitrogens with zero attached hydrogens (tertiary/aromatic N) is 6. The Balaban J connectivity index is 1.25. The van der Waals surface area contributed by atoms with E-state index in [-0.39, 0.29) is 25.0 Å². The normalized spacial score (nSPS) is 20.0. The lowest BCUT2D eigenvalue weighted by Gasteiger charge is -2.21. The molecule has 2 atom stereocenters. The van der Waals surface area contributed by atoms with Crippen LogP contribution in [0.2, 0.25) is 0 Å². The Kier molecular flexibility index (Phi) is 5.83. The largest absolute Gasteiger partial charge is 0.442 e. The molecule has 3 aromatic rings. The Morgan fingerprint density at radius 1 is 1.21 bits per heavy atom. The SMILES string of the molecule is CC(=O)NC[C@H]1CN(c2ccc(N3CCC(n4nnc(-c5ccccc5)n4)C3)c(F)c2)C(=O)O1. The van der Waals surface area contributed by atoms with Gasteiger partial charge >= 0.3 is 6.09 Å². The van der Waals surface area contributed by atoms with Gasteiger partial charge in [-0.2, -0.15) is 4.80 Å². The lowest BCUT2D eigenvalue weighted by molar-refractivity contribution is -0.119. The Morgan fingerprint density at radius 3 is 2.79 bits per heavy atom. The maximum Gasteiger partial charge on any atom is 0.414 e. The molecule has 2 aliphatic heterocycles. The van der Waals surface area contributed by atoms with E-state index in [4.69, 9.17) is 4.74 Å². The third-order valence-corrected chi connectivity index (χ3v) is 5.99. The van der Waals surface area contributed by atoms with Crippen molar-refractivity contribution in [1.29, 1.82) is 0 Å². The first-order valence-electron chi connectivity index (χ1n) is 11.1. The fourth-order valence-electron chi connectivity index (χ4n) is 4.25. The number of benzene rings is 2. The second-order valence-corrected chi connectivity index (χ2v) is 8.38. The second-order valence-electron chi connectivity index (χ2n) is 8.38. The fraction of sp³-hybridized carbons (Fsp3) is 0.348. The number of halogens is 1. The predicted octanol–water partition coefficient (Wildman–Crippen LogP) is 2.39. The highest BCUT2D eigenvalue weighted by atomic mass is 19.1. The number of nitrogens with one attached hydrogen (secondary N) is 1. The highest BCUT2D eigenvalue weighted by Crippen LogP contribution is 2.32. The summed E-state index contributed by atoms with van der Waals surface area (Å²) in [5.74, 6) is -0.0668. The standard InChI is InChI=1S/C23H24FN7O3/c1-15(32)25-12-19-14-30(23(33)34-19)17-7-8-21(20(24)11-17)29-10-9-18(13-29)31-27-22(26-28-31)16-5-3-2-4-6-16/h2-8,11,18-19H,9-10,12-14H2,1H3,(H,25,32)/t18?,19-/m0/s1. The fourth-order valence-corrected chi connectivity index (χ4v) is 4.25. The molecule has 2 aliphatic rings. The molecule has 0 aliphatic carbocycles. The molecule has 1 aromatic heterocycles. The van der Waals surface area contributed by atoms with Gasteiger partial charge in [0.2, 0.25) is 11.7 Å². The summed E-state index contributed by atoms with van der Waals surface area (Å²) in [6, 6.07) is 14.3. The second kappa shape index (κ2) is 9.08. The van der Waals surface area contributed by atoms with E-state index in [1.54, 1.807) is 16.9 Å². The van der Waals surface area contributed by atoms with Gasteiger partial charge in [0.25, 0.3) is 0 Å². The van der Waals surface area contributed by atoms with Crippen molar-refractivity contribution in [2.75, 3.05) is 36.0 Å². The van der Waals surface area contributed by atoms with Gasteiger partial charge in [-0.25, -0.2) is 9.18 Å². The van der Waals surface area contributed by atoms with E-state index in [0.717, 1.165) is 12.0 Å². The van der Waals surface area contributed by atoms with Gasteiger partial charge in [-0.05, 0) is 29.8 Å². The van der Waals surface area contributed by atoms with E-state index in [1.807, 2.05) is 35.2 Å². The van der Waals surface area contributed by atoms with Crippen molar-refractivity contribution < 1.29 is 18.7 Å². The van der Waals surface area contributed by atoms with E-state index in [0.29, 0.717) is 30.3 Å². The van der Waals surface area contributed by atoms with Crippen LogP contribution in [0.25, 0.3) is 11.4 Å². The maximum absolute atomic E-state index is 15.1. The monoisotopic (exact) mass is 465 g/mol. The van der Waals surface area contributed by atoms with Crippen LogP contribution >= 0.6 is 0 Å². The molecule has 0 bridgehead atoms. The molecule has 1 unspecified atom stereocenters. The van der Waals surface area contributed by atoms with E-state index in [1.165, 1.54) is 17.9 Å². The Labute approximate surface area is 195 Å². The van der Waals surface area contributed by atoms with Crippen molar-refractivity contribution >= 4 is 23.4 Å². The maximum atomic E-state index is 15.1. The molecule has 0 saturated carbocycles. The molecule has 176 valence electrons. The van der Waals surface area contributed by atoms with Gasteiger partial charge in [-0.1, -0.05) is 30.3 Å². The zero-order chi connectivity index (χ0) is 23.7. The molecule has 3 heterocycles. The highest BCUT2D eigenvalue weighted by molar-refractivity contribution is 5.90. The van der Waals surface area contributed by atoms with Gasteiger partial charge in [0.15, 0.2) is 0 Å². The Hall–Kier alpha value is -4.02. The van der Waals surface area contributed by atoms with Gasteiger partial charge in [0.05, 0.1) is 30.5 Å². The summed E-state index contributed by atoms with van der Waals surface area (Å²) in [6.07, 6.45) is -0.278. The number of hydrogen-bond donors (Lipinski definition) is 1. The summed E-state index contributed by atoms with van der Waals surface area (Å²) in [6.45, 7) is 3.05. The zero-order valence-electron chi connectivity index (χ0n) is 18.6. The van der Waals surface area contributed by atoms with Gasteiger partial charge in [-0.3, -0.25) is 9.69 Å². The van der Waals surface area contributed by atoms with Crippen LogP contribution in [-0.4, -0.2) is 64.5 Å². The summed E-state index contributed by atoms with van der Waals surface area (Å²) in [5.41, 5.74) is 1.76. The number of anilines is 2. The molecular weight excluding hydrogens is 441 g/mol. The minimum absolute atomic E-state index is 0.0212. The van der Waals surface area contributed by atoms with Gasteiger partial charge in [0, 0.05) is 25.6 Å². The number of carbonyl (C=O) groups excluding carboxylic acids is 2. The molecule has 34 heavy (non-hydrogen) atoms. The summed E-state index contributed by atoms with van der Waals surface area (Å²) >= 11 is 0. The molecule has 5 rings (SSSR count). The Bertz CT molecular complexity index is 1200. The average molecular weight is 465 g/mol. The molecular formula is C23H24FN7O3. The summed E-state index contributed by atoms with van der Waals surface area (Å²) < 4.78 is 20.3. The van der Waals surface area contributed by atoms with Crippen molar-refractivity contribution in [2.24, 2.45) is 0 Å². The first-order chi connectivity index (χ1) is 16.5. The van der Waals surface area contributed by atoms with Gasteiger partial charge in [0.1, 0.15) is 11.9 Å². The van der Waals surface area contributed by atoms with Crippen molar-refractivity contribution in [3.63, 3.8) is 0 Å². The van der Waals surface area contributed by atoms with Crippen LogP contribution in [0.1, 0.15) is 19.4 Å². The van der Waals surface area contributed by atoms with Gasteiger partial charge < -0.3 is 15.0 Å². The predicted molar refractivity (Wildman–Crippen MR) is 122 cm³/mol. The van der Waals surface area contributed by atoms with E-state index in [9.17, 15) is 9.59 Å². The van der Waals surface area contributed by atoms with E-state index < -0.39 is 18.0 Å². The first kappa shape index (κ1) is 21.8. The molecule has 1 N–H and O–H groups in total. The molecule has 0 radical (unpaired) electrons. The van der Waals surface area contributed by atoms with Crippen LogP contribution < -0.4 is 15.1 Å². The first-order valence-corrected chi connectivity index (χ1v) is 11.1.